The number of methoxy groups -OCH3 is 1. The lowest BCUT2D eigenvalue weighted by atomic mass is 10.0. The minimum Gasteiger partial charge on any atom is -0.385 e. The number of imide groups is 1. The molecule has 0 saturated heterocycles. The molecule has 0 spiro atoms. The lowest BCUT2D eigenvalue weighted by molar-refractivity contribution is -0.119. The summed E-state index contributed by atoms with van der Waals surface area (Å²) in [6.45, 7) is 0.497. The number of nitrogens with one attached hydrogen (secondary N) is 3. The van der Waals surface area contributed by atoms with E-state index in [-0.39, 0.29) is 12.6 Å². The van der Waals surface area contributed by atoms with Crippen molar-refractivity contribution in [1.82, 2.24) is 16.0 Å². The van der Waals surface area contributed by atoms with Crippen molar-refractivity contribution in [2.75, 3.05) is 27.3 Å². The molecule has 1 atom stereocenters. The third kappa shape index (κ3) is 6.19. The van der Waals surface area contributed by atoms with Crippen LogP contribution < -0.4 is 16.0 Å². The van der Waals surface area contributed by atoms with E-state index in [1.807, 2.05) is 6.07 Å². The summed E-state index contributed by atoms with van der Waals surface area (Å²) in [7, 11) is 3.04. The monoisotopic (exact) mass is 347 g/mol. The number of hydrogen-bond acceptors (Lipinski definition) is 4. The van der Waals surface area contributed by atoms with Gasteiger partial charge < -0.3 is 15.4 Å². The Morgan fingerprint density at radius 1 is 1.27 bits per heavy atom. The fourth-order valence-electron chi connectivity index (χ4n) is 1.80. The van der Waals surface area contributed by atoms with E-state index in [0.717, 1.165) is 5.56 Å². The highest BCUT2D eigenvalue weighted by Crippen LogP contribution is 2.26. The average Bonchev–Trinajstić information content (AvgIpc) is 2.50. The number of ether oxygens (including phenoxy) is 1. The van der Waals surface area contributed by atoms with Gasteiger partial charge in [0.25, 0.3) is 0 Å². The zero-order chi connectivity index (χ0) is 16.5. The Labute approximate surface area is 139 Å². The number of carbonyl (C=O) groups is 2. The molecule has 0 radical (unpaired) electrons. The molecule has 0 aliphatic rings. The van der Waals surface area contributed by atoms with Crippen LogP contribution >= 0.6 is 23.2 Å². The van der Waals surface area contributed by atoms with Crippen molar-refractivity contribution in [3.05, 3.63) is 33.8 Å². The maximum atomic E-state index is 11.6. The van der Waals surface area contributed by atoms with Crippen LogP contribution in [0, 0.1) is 0 Å². The minimum atomic E-state index is -0.547. The lowest BCUT2D eigenvalue weighted by Crippen LogP contribution is -2.42. The third-order valence-electron chi connectivity index (χ3n) is 2.95. The molecule has 8 heteroatoms. The van der Waals surface area contributed by atoms with Gasteiger partial charge >= 0.3 is 6.03 Å². The Kier molecular flexibility index (Phi) is 8.19. The fraction of sp³-hybridized carbons (Fsp3) is 0.429. The topological polar surface area (TPSA) is 79.5 Å². The summed E-state index contributed by atoms with van der Waals surface area (Å²) in [4.78, 5) is 22.7. The van der Waals surface area contributed by atoms with Crippen molar-refractivity contribution in [3.8, 4) is 0 Å². The van der Waals surface area contributed by atoms with Crippen LogP contribution in [-0.4, -0.2) is 39.2 Å². The van der Waals surface area contributed by atoms with E-state index < -0.39 is 11.9 Å². The Balaban J connectivity index is 2.69. The van der Waals surface area contributed by atoms with Crippen LogP contribution in [0.2, 0.25) is 10.0 Å². The van der Waals surface area contributed by atoms with E-state index in [1.54, 1.807) is 19.2 Å². The smallest absolute Gasteiger partial charge is 0.321 e. The predicted octanol–water partition coefficient (Wildman–Crippen LogP) is 2.12. The second kappa shape index (κ2) is 9.63. The van der Waals surface area contributed by atoms with Crippen molar-refractivity contribution in [2.24, 2.45) is 0 Å². The van der Waals surface area contributed by atoms with E-state index in [4.69, 9.17) is 27.9 Å². The number of carbonyl (C=O) groups excluding carboxylic acids is 2. The molecule has 122 valence electrons. The summed E-state index contributed by atoms with van der Waals surface area (Å²) in [6.07, 6.45) is 0.641. The molecule has 3 N–H and O–H groups in total. The van der Waals surface area contributed by atoms with Gasteiger partial charge in [-0.15, -0.1) is 0 Å². The van der Waals surface area contributed by atoms with Crippen LogP contribution in [0.4, 0.5) is 4.79 Å². The second-order valence-corrected chi connectivity index (χ2v) is 5.33. The van der Waals surface area contributed by atoms with Gasteiger partial charge in [-0.2, -0.15) is 0 Å². The van der Waals surface area contributed by atoms with Gasteiger partial charge in [0, 0.05) is 26.8 Å². The fourth-order valence-corrected chi connectivity index (χ4v) is 2.11. The Bertz CT molecular complexity index is 526. The second-order valence-electron chi connectivity index (χ2n) is 4.52. The number of hydrogen-bond donors (Lipinski definition) is 3. The summed E-state index contributed by atoms with van der Waals surface area (Å²) in [5.41, 5.74) is 0.888. The van der Waals surface area contributed by atoms with Crippen molar-refractivity contribution in [2.45, 2.75) is 12.5 Å². The van der Waals surface area contributed by atoms with Crippen LogP contribution in [0.5, 0.6) is 0 Å². The summed E-state index contributed by atoms with van der Waals surface area (Å²) < 4.78 is 5.07. The number of rotatable bonds is 7. The first-order chi connectivity index (χ1) is 10.5. The van der Waals surface area contributed by atoms with E-state index in [2.05, 4.69) is 16.0 Å². The number of halogens is 2. The molecular weight excluding hydrogens is 329 g/mol. The summed E-state index contributed by atoms with van der Waals surface area (Å²) in [6, 6.07) is 4.58. The SMILES string of the molecule is CNC(=O)NC(=O)CN[C@@H](CCOC)c1ccc(Cl)c(Cl)c1. The molecular formula is C14H19Cl2N3O3. The molecule has 1 aromatic rings. The number of benzene rings is 1. The summed E-state index contributed by atoms with van der Waals surface area (Å²) >= 11 is 11.9. The van der Waals surface area contributed by atoms with Gasteiger partial charge in [-0.25, -0.2) is 4.79 Å². The highest BCUT2D eigenvalue weighted by atomic mass is 35.5. The van der Waals surface area contributed by atoms with Crippen LogP contribution in [-0.2, 0) is 9.53 Å². The van der Waals surface area contributed by atoms with E-state index >= 15 is 0 Å². The van der Waals surface area contributed by atoms with Gasteiger partial charge in [0.2, 0.25) is 5.91 Å². The molecule has 0 heterocycles. The van der Waals surface area contributed by atoms with Crippen LogP contribution in [0.3, 0.4) is 0 Å². The van der Waals surface area contributed by atoms with Gasteiger partial charge in [-0.1, -0.05) is 29.3 Å². The van der Waals surface area contributed by atoms with Crippen molar-refractivity contribution in [1.29, 1.82) is 0 Å². The van der Waals surface area contributed by atoms with Crippen LogP contribution in [0.25, 0.3) is 0 Å². The largest absolute Gasteiger partial charge is 0.385 e. The number of urea groups is 1. The van der Waals surface area contributed by atoms with Crippen LogP contribution in [0.1, 0.15) is 18.0 Å². The molecule has 0 saturated carbocycles. The maximum Gasteiger partial charge on any atom is 0.321 e. The van der Waals surface area contributed by atoms with Gasteiger partial charge in [0.1, 0.15) is 0 Å². The first-order valence-corrected chi connectivity index (χ1v) is 7.42. The minimum absolute atomic E-state index is 0.0119. The third-order valence-corrected chi connectivity index (χ3v) is 3.68. The molecule has 0 aromatic heterocycles. The first kappa shape index (κ1) is 18.7. The van der Waals surface area contributed by atoms with Crippen molar-refractivity contribution in [3.63, 3.8) is 0 Å². The van der Waals surface area contributed by atoms with E-state index in [1.165, 1.54) is 7.05 Å². The highest BCUT2D eigenvalue weighted by Gasteiger charge is 2.15. The Morgan fingerprint density at radius 2 is 2.00 bits per heavy atom. The van der Waals surface area contributed by atoms with Crippen LogP contribution in [0.15, 0.2) is 18.2 Å². The highest BCUT2D eigenvalue weighted by molar-refractivity contribution is 6.42. The molecule has 6 nitrogen and oxygen atoms in total. The Morgan fingerprint density at radius 3 is 2.59 bits per heavy atom. The molecule has 22 heavy (non-hydrogen) atoms. The number of amides is 3. The molecule has 0 aliphatic carbocycles. The molecule has 0 bridgehead atoms. The Hall–Kier alpha value is -1.34. The van der Waals surface area contributed by atoms with Crippen molar-refractivity contribution < 1.29 is 14.3 Å². The van der Waals surface area contributed by atoms with E-state index in [9.17, 15) is 9.59 Å². The molecule has 1 aromatic carbocycles. The zero-order valence-corrected chi connectivity index (χ0v) is 13.9. The average molecular weight is 348 g/mol. The van der Waals surface area contributed by atoms with Gasteiger partial charge in [-0.3, -0.25) is 10.1 Å². The molecule has 0 fully saturated rings. The lowest BCUT2D eigenvalue weighted by Gasteiger charge is -2.19. The standard InChI is InChI=1S/C14H19Cl2N3O3/c1-17-14(21)19-13(20)8-18-12(5-6-22-2)9-3-4-10(15)11(16)7-9/h3-4,7,12,18H,5-6,8H2,1-2H3,(H2,17,19,20,21)/t12-/m0/s1. The van der Waals surface area contributed by atoms with E-state index in [0.29, 0.717) is 23.1 Å². The maximum absolute atomic E-state index is 11.6. The van der Waals surface area contributed by atoms with Gasteiger partial charge in [0.15, 0.2) is 0 Å². The van der Waals surface area contributed by atoms with Gasteiger partial charge in [-0.05, 0) is 24.1 Å². The molecule has 0 unspecified atom stereocenters. The predicted molar refractivity (Wildman–Crippen MR) is 86.3 cm³/mol. The molecule has 1 rings (SSSR count). The van der Waals surface area contributed by atoms with Crippen molar-refractivity contribution >= 4 is 35.1 Å². The zero-order valence-electron chi connectivity index (χ0n) is 12.4. The summed E-state index contributed by atoms with van der Waals surface area (Å²) in [5.74, 6) is -0.429. The molecule has 0 aliphatic heterocycles. The van der Waals surface area contributed by atoms with Gasteiger partial charge in [0.05, 0.1) is 16.6 Å². The normalized spacial score (nSPS) is 11.8. The molecule has 3 amide bonds. The quantitative estimate of drug-likeness (QED) is 0.705. The first-order valence-electron chi connectivity index (χ1n) is 6.66. The summed E-state index contributed by atoms with van der Waals surface area (Å²) in [5, 5.41) is 8.48.